The van der Waals surface area contributed by atoms with E-state index >= 15 is 0 Å². The molecule has 1 amide bonds. The van der Waals surface area contributed by atoms with Crippen molar-refractivity contribution in [1.82, 2.24) is 5.32 Å². The quantitative estimate of drug-likeness (QED) is 0.437. The fourth-order valence-electron chi connectivity index (χ4n) is 1.40. The van der Waals surface area contributed by atoms with Gasteiger partial charge in [-0.25, -0.2) is 9.18 Å². The normalized spacial score (nSPS) is 10.1. The highest BCUT2D eigenvalue weighted by Crippen LogP contribution is 2.13. The van der Waals surface area contributed by atoms with Crippen molar-refractivity contribution in [2.24, 2.45) is 0 Å². The Bertz CT molecular complexity index is 479. The van der Waals surface area contributed by atoms with Crippen molar-refractivity contribution in [2.45, 2.75) is 6.42 Å². The number of esters is 1. The summed E-state index contributed by atoms with van der Waals surface area (Å²) in [4.78, 5) is 22.9. The third kappa shape index (κ3) is 5.23. The number of halogens is 1. The molecule has 0 atom stereocenters. The molecule has 20 heavy (non-hydrogen) atoms. The van der Waals surface area contributed by atoms with E-state index in [2.05, 4.69) is 5.32 Å². The van der Waals surface area contributed by atoms with Gasteiger partial charge in [0.2, 0.25) is 0 Å². The molecule has 0 aliphatic carbocycles. The SMILES string of the molecule is COCCCNC(=O)COC(=O)c1cc(N)ccc1F. The van der Waals surface area contributed by atoms with Gasteiger partial charge in [-0.3, -0.25) is 4.79 Å². The van der Waals surface area contributed by atoms with Crippen molar-refractivity contribution in [1.29, 1.82) is 0 Å². The van der Waals surface area contributed by atoms with Gasteiger partial charge >= 0.3 is 5.97 Å². The third-order valence-corrected chi connectivity index (χ3v) is 2.39. The summed E-state index contributed by atoms with van der Waals surface area (Å²) >= 11 is 0. The van der Waals surface area contributed by atoms with Gasteiger partial charge in [0.05, 0.1) is 5.56 Å². The summed E-state index contributed by atoms with van der Waals surface area (Å²) in [6, 6.07) is 3.56. The second-order valence-corrected chi connectivity index (χ2v) is 4.01. The summed E-state index contributed by atoms with van der Waals surface area (Å²) in [5.74, 6) is -2.13. The lowest BCUT2D eigenvalue weighted by molar-refractivity contribution is -0.124. The van der Waals surface area contributed by atoms with E-state index in [-0.39, 0.29) is 11.3 Å². The zero-order valence-corrected chi connectivity index (χ0v) is 11.1. The zero-order chi connectivity index (χ0) is 15.0. The fraction of sp³-hybridized carbons (Fsp3) is 0.385. The van der Waals surface area contributed by atoms with E-state index in [4.69, 9.17) is 15.2 Å². The maximum atomic E-state index is 13.4. The molecule has 0 spiro atoms. The zero-order valence-electron chi connectivity index (χ0n) is 11.1. The van der Waals surface area contributed by atoms with Crippen LogP contribution in [0.15, 0.2) is 18.2 Å². The second kappa shape index (κ2) is 8.11. The molecule has 0 aliphatic heterocycles. The van der Waals surface area contributed by atoms with Gasteiger partial charge in [0.25, 0.3) is 5.91 Å². The number of rotatable bonds is 7. The number of ether oxygens (including phenoxy) is 2. The Hall–Kier alpha value is -2.15. The van der Waals surface area contributed by atoms with Crippen molar-refractivity contribution in [3.8, 4) is 0 Å². The number of carbonyl (C=O) groups is 2. The minimum absolute atomic E-state index is 0.238. The van der Waals surface area contributed by atoms with Gasteiger partial charge in [0, 0.05) is 25.9 Å². The van der Waals surface area contributed by atoms with Gasteiger partial charge in [0.15, 0.2) is 6.61 Å². The van der Waals surface area contributed by atoms with Crippen molar-refractivity contribution in [3.63, 3.8) is 0 Å². The Balaban J connectivity index is 2.39. The molecule has 110 valence electrons. The van der Waals surface area contributed by atoms with Gasteiger partial charge < -0.3 is 20.5 Å². The lowest BCUT2D eigenvalue weighted by Gasteiger charge is -2.07. The molecule has 0 bridgehead atoms. The van der Waals surface area contributed by atoms with Gasteiger partial charge in [-0.05, 0) is 24.6 Å². The first-order chi connectivity index (χ1) is 9.54. The summed E-state index contributed by atoms with van der Waals surface area (Å²) < 4.78 is 22.9. The highest BCUT2D eigenvalue weighted by atomic mass is 19.1. The van der Waals surface area contributed by atoms with E-state index in [0.717, 1.165) is 12.1 Å². The lowest BCUT2D eigenvalue weighted by atomic mass is 10.2. The number of hydrogen-bond donors (Lipinski definition) is 2. The average Bonchev–Trinajstić information content (AvgIpc) is 2.43. The van der Waals surface area contributed by atoms with Crippen LogP contribution in [0, 0.1) is 5.82 Å². The molecule has 0 saturated carbocycles. The van der Waals surface area contributed by atoms with Gasteiger partial charge in [0.1, 0.15) is 5.82 Å². The molecule has 6 nitrogen and oxygen atoms in total. The van der Waals surface area contributed by atoms with Crippen LogP contribution in [-0.2, 0) is 14.3 Å². The van der Waals surface area contributed by atoms with Crippen molar-refractivity contribution in [3.05, 3.63) is 29.6 Å². The lowest BCUT2D eigenvalue weighted by Crippen LogP contribution is -2.30. The molecule has 7 heteroatoms. The van der Waals surface area contributed by atoms with Crippen molar-refractivity contribution < 1.29 is 23.5 Å². The molecule has 0 aliphatic rings. The summed E-state index contributed by atoms with van der Waals surface area (Å²) in [5, 5.41) is 2.54. The minimum atomic E-state index is -0.929. The van der Waals surface area contributed by atoms with Gasteiger partial charge in [-0.15, -0.1) is 0 Å². The number of methoxy groups -OCH3 is 1. The molecule has 1 aromatic carbocycles. The van der Waals surface area contributed by atoms with Crippen LogP contribution in [-0.4, -0.2) is 38.7 Å². The first-order valence-corrected chi connectivity index (χ1v) is 6.02. The Morgan fingerprint density at radius 1 is 1.40 bits per heavy atom. The molecule has 0 heterocycles. The maximum absolute atomic E-state index is 13.4. The number of nitrogens with one attached hydrogen (secondary N) is 1. The molecule has 0 fully saturated rings. The van der Waals surface area contributed by atoms with E-state index in [9.17, 15) is 14.0 Å². The van der Waals surface area contributed by atoms with Gasteiger partial charge in [-0.1, -0.05) is 0 Å². The summed E-state index contributed by atoms with van der Waals surface area (Å²) in [6.45, 7) is 0.464. The van der Waals surface area contributed by atoms with Crippen LogP contribution in [0.1, 0.15) is 16.8 Å². The highest BCUT2D eigenvalue weighted by molar-refractivity contribution is 5.92. The Morgan fingerprint density at radius 2 is 2.15 bits per heavy atom. The molecule has 0 unspecified atom stereocenters. The van der Waals surface area contributed by atoms with Crippen LogP contribution in [0.3, 0.4) is 0 Å². The fourth-order valence-corrected chi connectivity index (χ4v) is 1.40. The monoisotopic (exact) mass is 284 g/mol. The maximum Gasteiger partial charge on any atom is 0.341 e. The van der Waals surface area contributed by atoms with Gasteiger partial charge in [-0.2, -0.15) is 0 Å². The molecule has 3 N–H and O–H groups in total. The smallest absolute Gasteiger partial charge is 0.341 e. The second-order valence-electron chi connectivity index (χ2n) is 4.01. The third-order valence-electron chi connectivity index (χ3n) is 2.39. The number of hydrogen-bond acceptors (Lipinski definition) is 5. The number of benzene rings is 1. The summed E-state index contributed by atoms with van der Waals surface area (Å²) in [7, 11) is 1.56. The van der Waals surface area contributed by atoms with Crippen LogP contribution in [0.5, 0.6) is 0 Å². The number of nitrogen functional groups attached to an aromatic ring is 1. The standard InChI is InChI=1S/C13H17FN2O4/c1-19-6-2-5-16-12(17)8-20-13(18)10-7-9(15)3-4-11(10)14/h3-4,7H,2,5-6,8,15H2,1H3,(H,16,17). The van der Waals surface area contributed by atoms with Crippen molar-refractivity contribution >= 4 is 17.6 Å². The number of amides is 1. The van der Waals surface area contributed by atoms with E-state index in [1.54, 1.807) is 7.11 Å². The Morgan fingerprint density at radius 3 is 2.85 bits per heavy atom. The van der Waals surface area contributed by atoms with Crippen molar-refractivity contribution in [2.75, 3.05) is 32.6 Å². The molecule has 0 aromatic heterocycles. The first-order valence-electron chi connectivity index (χ1n) is 6.02. The van der Waals surface area contributed by atoms with Crippen LogP contribution >= 0.6 is 0 Å². The predicted octanol–water partition coefficient (Wildman–Crippen LogP) is 0.717. The Kier molecular flexibility index (Phi) is 6.45. The van der Waals surface area contributed by atoms with E-state index in [1.165, 1.54) is 6.07 Å². The number of anilines is 1. The number of carbonyl (C=O) groups excluding carboxylic acids is 2. The molecule has 0 saturated heterocycles. The predicted molar refractivity (Wildman–Crippen MR) is 70.6 cm³/mol. The molecular weight excluding hydrogens is 267 g/mol. The Labute approximate surface area is 116 Å². The van der Waals surface area contributed by atoms with Crippen LogP contribution in [0.25, 0.3) is 0 Å². The molecule has 0 radical (unpaired) electrons. The van der Waals surface area contributed by atoms with Crippen LogP contribution in [0.2, 0.25) is 0 Å². The van der Waals surface area contributed by atoms with Crippen LogP contribution < -0.4 is 11.1 Å². The van der Waals surface area contributed by atoms with Crippen LogP contribution in [0.4, 0.5) is 10.1 Å². The van der Waals surface area contributed by atoms with E-state index in [0.29, 0.717) is 19.6 Å². The van der Waals surface area contributed by atoms with E-state index in [1.807, 2.05) is 0 Å². The largest absolute Gasteiger partial charge is 0.452 e. The number of nitrogens with two attached hydrogens (primary N) is 1. The van der Waals surface area contributed by atoms with E-state index < -0.39 is 24.3 Å². The summed E-state index contributed by atoms with van der Waals surface area (Å²) in [6.07, 6.45) is 0.653. The topological polar surface area (TPSA) is 90.6 Å². The molecule has 1 aromatic rings. The highest BCUT2D eigenvalue weighted by Gasteiger charge is 2.15. The first kappa shape index (κ1) is 15.9. The molecule has 1 rings (SSSR count). The molecular formula is C13H17FN2O4. The average molecular weight is 284 g/mol. The summed E-state index contributed by atoms with van der Waals surface area (Å²) in [5.41, 5.74) is 5.39. The minimum Gasteiger partial charge on any atom is -0.452 e.